The monoisotopic (exact) mass is 252 g/mol. The van der Waals surface area contributed by atoms with Crippen LogP contribution in [0.5, 0.6) is 0 Å². The van der Waals surface area contributed by atoms with Gasteiger partial charge in [0.25, 0.3) is 5.91 Å². The maximum absolute atomic E-state index is 12.5. The predicted molar refractivity (Wildman–Crippen MR) is 77.2 cm³/mol. The summed E-state index contributed by atoms with van der Waals surface area (Å²) in [5.41, 5.74) is 10.5. The molecule has 2 aromatic carbocycles. The van der Waals surface area contributed by atoms with Crippen molar-refractivity contribution in [3.05, 3.63) is 59.2 Å². The van der Waals surface area contributed by atoms with Gasteiger partial charge in [0.15, 0.2) is 0 Å². The molecule has 1 amide bonds. The molecule has 3 heteroatoms. The highest BCUT2D eigenvalue weighted by molar-refractivity contribution is 6.11. The maximum Gasteiger partial charge on any atom is 0.259 e. The van der Waals surface area contributed by atoms with Crippen LogP contribution in [0, 0.1) is 0 Å². The summed E-state index contributed by atoms with van der Waals surface area (Å²) in [4.78, 5) is 14.3. The number of nitrogens with two attached hydrogens (primary N) is 1. The molecule has 1 aliphatic heterocycles. The van der Waals surface area contributed by atoms with Gasteiger partial charge in [-0.25, -0.2) is 0 Å². The summed E-state index contributed by atoms with van der Waals surface area (Å²) < 4.78 is 0. The normalized spacial score (nSPS) is 13.7. The van der Waals surface area contributed by atoms with Crippen molar-refractivity contribution < 1.29 is 4.79 Å². The number of benzene rings is 2. The Hall–Kier alpha value is -2.29. The zero-order valence-electron chi connectivity index (χ0n) is 10.9. The van der Waals surface area contributed by atoms with Gasteiger partial charge in [-0.05, 0) is 30.2 Å². The van der Waals surface area contributed by atoms with E-state index in [4.69, 9.17) is 5.73 Å². The standard InChI is InChI=1S/C16H16N2O/c1-2-11-6-3-4-9-15(11)18-10-13-12(16(18)19)7-5-8-14(13)17/h3-9H,2,10,17H2,1H3. The van der Waals surface area contributed by atoms with Gasteiger partial charge in [-0.1, -0.05) is 31.2 Å². The second kappa shape index (κ2) is 4.43. The highest BCUT2D eigenvalue weighted by Gasteiger charge is 2.30. The summed E-state index contributed by atoms with van der Waals surface area (Å²) in [6.45, 7) is 2.67. The van der Waals surface area contributed by atoms with E-state index < -0.39 is 0 Å². The smallest absolute Gasteiger partial charge is 0.259 e. The molecule has 0 saturated heterocycles. The minimum Gasteiger partial charge on any atom is -0.398 e. The Balaban J connectivity index is 2.07. The molecule has 96 valence electrons. The summed E-state index contributed by atoms with van der Waals surface area (Å²) in [7, 11) is 0. The Labute approximate surface area is 112 Å². The zero-order chi connectivity index (χ0) is 13.4. The largest absolute Gasteiger partial charge is 0.398 e. The SMILES string of the molecule is CCc1ccccc1N1Cc2c(N)cccc2C1=O. The first-order valence-electron chi connectivity index (χ1n) is 6.49. The molecule has 0 bridgehead atoms. The summed E-state index contributed by atoms with van der Waals surface area (Å²) in [5, 5.41) is 0. The van der Waals surface area contributed by atoms with E-state index in [1.165, 1.54) is 5.56 Å². The van der Waals surface area contributed by atoms with Crippen LogP contribution in [0.1, 0.15) is 28.4 Å². The third-order valence-corrected chi connectivity index (χ3v) is 3.67. The molecule has 0 aromatic heterocycles. The molecule has 0 spiro atoms. The van der Waals surface area contributed by atoms with Crippen molar-refractivity contribution in [3.63, 3.8) is 0 Å². The van der Waals surface area contributed by atoms with Crippen molar-refractivity contribution in [2.75, 3.05) is 10.6 Å². The van der Waals surface area contributed by atoms with Gasteiger partial charge in [0.05, 0.1) is 6.54 Å². The summed E-state index contributed by atoms with van der Waals surface area (Å²) in [6.07, 6.45) is 0.909. The second-order valence-electron chi connectivity index (χ2n) is 4.75. The number of carbonyl (C=O) groups excluding carboxylic acids is 1. The predicted octanol–water partition coefficient (Wildman–Crippen LogP) is 2.99. The number of nitrogen functional groups attached to an aromatic ring is 1. The molecule has 3 nitrogen and oxygen atoms in total. The summed E-state index contributed by atoms with van der Waals surface area (Å²) in [6, 6.07) is 13.6. The van der Waals surface area contributed by atoms with Crippen LogP contribution < -0.4 is 10.6 Å². The van der Waals surface area contributed by atoms with E-state index in [2.05, 4.69) is 13.0 Å². The van der Waals surface area contributed by atoms with Gasteiger partial charge in [0.2, 0.25) is 0 Å². The fourth-order valence-electron chi connectivity index (χ4n) is 2.62. The molecule has 2 aromatic rings. The van der Waals surface area contributed by atoms with Crippen LogP contribution in [-0.2, 0) is 13.0 Å². The lowest BCUT2D eigenvalue weighted by atomic mass is 10.1. The number of nitrogens with zero attached hydrogens (tertiary/aromatic N) is 1. The fraction of sp³-hybridized carbons (Fsp3) is 0.188. The molecule has 0 aliphatic carbocycles. The lowest BCUT2D eigenvalue weighted by Gasteiger charge is -2.19. The van der Waals surface area contributed by atoms with Gasteiger partial charge in [-0.3, -0.25) is 4.79 Å². The Morgan fingerprint density at radius 1 is 1.16 bits per heavy atom. The Bertz CT molecular complexity index is 649. The summed E-state index contributed by atoms with van der Waals surface area (Å²) >= 11 is 0. The molecule has 0 radical (unpaired) electrons. The van der Waals surface area contributed by atoms with Crippen molar-refractivity contribution >= 4 is 17.3 Å². The van der Waals surface area contributed by atoms with Gasteiger partial charge < -0.3 is 10.6 Å². The molecule has 1 aliphatic rings. The van der Waals surface area contributed by atoms with Crippen LogP contribution >= 0.6 is 0 Å². The van der Waals surface area contributed by atoms with Crippen molar-refractivity contribution in [3.8, 4) is 0 Å². The third kappa shape index (κ3) is 1.78. The Morgan fingerprint density at radius 3 is 2.68 bits per heavy atom. The zero-order valence-corrected chi connectivity index (χ0v) is 10.9. The van der Waals surface area contributed by atoms with E-state index in [1.807, 2.05) is 41.3 Å². The van der Waals surface area contributed by atoms with E-state index in [1.54, 1.807) is 0 Å². The van der Waals surface area contributed by atoms with Gasteiger partial charge >= 0.3 is 0 Å². The molecule has 0 unspecified atom stereocenters. The fourth-order valence-corrected chi connectivity index (χ4v) is 2.62. The molecule has 1 heterocycles. The van der Waals surface area contributed by atoms with E-state index in [-0.39, 0.29) is 5.91 Å². The second-order valence-corrected chi connectivity index (χ2v) is 4.75. The first-order chi connectivity index (χ1) is 9.22. The van der Waals surface area contributed by atoms with Crippen molar-refractivity contribution in [1.82, 2.24) is 0 Å². The molecule has 0 atom stereocenters. The third-order valence-electron chi connectivity index (χ3n) is 3.67. The van der Waals surface area contributed by atoms with Crippen LogP contribution in [-0.4, -0.2) is 5.91 Å². The van der Waals surface area contributed by atoms with E-state index in [0.29, 0.717) is 12.2 Å². The molecule has 2 N–H and O–H groups in total. The number of anilines is 2. The van der Waals surface area contributed by atoms with Crippen LogP contribution in [0.2, 0.25) is 0 Å². The minimum atomic E-state index is 0.0446. The topological polar surface area (TPSA) is 46.3 Å². The number of amides is 1. The highest BCUT2D eigenvalue weighted by Crippen LogP contribution is 2.33. The van der Waals surface area contributed by atoms with Gasteiger partial charge in [-0.2, -0.15) is 0 Å². The van der Waals surface area contributed by atoms with Crippen molar-refractivity contribution in [2.24, 2.45) is 0 Å². The average Bonchev–Trinajstić information content (AvgIpc) is 2.78. The summed E-state index contributed by atoms with van der Waals surface area (Å²) in [5.74, 6) is 0.0446. The number of carbonyl (C=O) groups is 1. The van der Waals surface area contributed by atoms with Crippen molar-refractivity contribution in [2.45, 2.75) is 19.9 Å². The van der Waals surface area contributed by atoms with Crippen LogP contribution in [0.3, 0.4) is 0 Å². The van der Waals surface area contributed by atoms with E-state index >= 15 is 0 Å². The molecule has 0 saturated carbocycles. The van der Waals surface area contributed by atoms with Crippen LogP contribution in [0.25, 0.3) is 0 Å². The molecular weight excluding hydrogens is 236 g/mol. The Morgan fingerprint density at radius 2 is 1.95 bits per heavy atom. The molecule has 0 fully saturated rings. The maximum atomic E-state index is 12.5. The number of fused-ring (bicyclic) bond motifs is 1. The number of para-hydroxylation sites is 1. The van der Waals surface area contributed by atoms with Crippen LogP contribution in [0.15, 0.2) is 42.5 Å². The number of rotatable bonds is 2. The van der Waals surface area contributed by atoms with Gasteiger partial charge in [-0.15, -0.1) is 0 Å². The molecule has 3 rings (SSSR count). The molecular formula is C16H16N2O. The van der Waals surface area contributed by atoms with Crippen molar-refractivity contribution in [1.29, 1.82) is 0 Å². The lowest BCUT2D eigenvalue weighted by molar-refractivity contribution is 0.0996. The first kappa shape index (κ1) is 11.8. The van der Waals surface area contributed by atoms with E-state index in [9.17, 15) is 4.79 Å². The number of aryl methyl sites for hydroxylation is 1. The van der Waals surface area contributed by atoms with Crippen LogP contribution in [0.4, 0.5) is 11.4 Å². The minimum absolute atomic E-state index is 0.0446. The van der Waals surface area contributed by atoms with Gasteiger partial charge in [0, 0.05) is 22.5 Å². The van der Waals surface area contributed by atoms with Gasteiger partial charge in [0.1, 0.15) is 0 Å². The molecule has 19 heavy (non-hydrogen) atoms. The lowest BCUT2D eigenvalue weighted by Crippen LogP contribution is -2.24. The quantitative estimate of drug-likeness (QED) is 0.835. The average molecular weight is 252 g/mol. The highest BCUT2D eigenvalue weighted by atomic mass is 16.2. The number of hydrogen-bond donors (Lipinski definition) is 1. The Kier molecular flexibility index (Phi) is 2.75. The first-order valence-corrected chi connectivity index (χ1v) is 6.49. The van der Waals surface area contributed by atoms with E-state index in [0.717, 1.165) is 23.2 Å². The number of hydrogen-bond acceptors (Lipinski definition) is 2.